The van der Waals surface area contributed by atoms with Gasteiger partial charge in [0.15, 0.2) is 12.4 Å². The van der Waals surface area contributed by atoms with E-state index in [1.54, 1.807) is 6.07 Å². The fourth-order valence-electron chi connectivity index (χ4n) is 1.13. The van der Waals surface area contributed by atoms with Gasteiger partial charge in [-0.15, -0.1) is 0 Å². The lowest BCUT2D eigenvalue weighted by Crippen LogP contribution is -2.26. The van der Waals surface area contributed by atoms with Crippen molar-refractivity contribution >= 4 is 17.5 Å². The molecule has 0 aliphatic heterocycles. The molecule has 1 atom stereocenters. The Morgan fingerprint density at radius 2 is 1.94 bits per heavy atom. The largest absolute Gasteiger partial charge is 0.458 e. The van der Waals surface area contributed by atoms with Crippen LogP contribution in [0.2, 0.25) is 0 Å². The third-order valence-electron chi connectivity index (χ3n) is 1.93. The molecular formula is C12H18N2O3. The average molecular weight is 238 g/mol. The highest BCUT2D eigenvalue weighted by Gasteiger charge is 2.23. The van der Waals surface area contributed by atoms with Crippen molar-refractivity contribution in [1.29, 1.82) is 10.7 Å². The van der Waals surface area contributed by atoms with Crippen LogP contribution in [0.1, 0.15) is 34.1 Å². The SMILES string of the molecule is CC(=N)C(C#N)C(=O)COC(=O)CC(C)(C)C. The molecule has 0 aliphatic rings. The molecule has 1 N–H and O–H groups in total. The van der Waals surface area contributed by atoms with Crippen molar-refractivity contribution in [2.45, 2.75) is 34.1 Å². The number of nitriles is 1. The molecule has 1 unspecified atom stereocenters. The molecule has 0 fully saturated rings. The smallest absolute Gasteiger partial charge is 0.306 e. The topological polar surface area (TPSA) is 91.0 Å². The maximum absolute atomic E-state index is 11.4. The van der Waals surface area contributed by atoms with E-state index in [9.17, 15) is 9.59 Å². The van der Waals surface area contributed by atoms with E-state index in [1.165, 1.54) is 6.92 Å². The summed E-state index contributed by atoms with van der Waals surface area (Å²) in [6.07, 6.45) is 0.209. The summed E-state index contributed by atoms with van der Waals surface area (Å²) in [5.41, 5.74) is -0.240. The maximum Gasteiger partial charge on any atom is 0.306 e. The molecule has 0 aromatic rings. The Morgan fingerprint density at radius 1 is 1.41 bits per heavy atom. The Balaban J connectivity index is 4.22. The Bertz CT molecular complexity index is 361. The molecule has 17 heavy (non-hydrogen) atoms. The van der Waals surface area contributed by atoms with Crippen LogP contribution in [0, 0.1) is 28.1 Å². The van der Waals surface area contributed by atoms with Gasteiger partial charge in [0.25, 0.3) is 0 Å². The molecule has 0 saturated heterocycles. The van der Waals surface area contributed by atoms with Crippen LogP contribution in [0.25, 0.3) is 0 Å². The highest BCUT2D eigenvalue weighted by Crippen LogP contribution is 2.18. The molecule has 0 aromatic heterocycles. The van der Waals surface area contributed by atoms with Crippen molar-refractivity contribution in [2.75, 3.05) is 6.61 Å². The number of nitrogens with zero attached hydrogens (tertiary/aromatic N) is 1. The van der Waals surface area contributed by atoms with Crippen LogP contribution in [0.3, 0.4) is 0 Å². The molecule has 0 rings (SSSR count). The van der Waals surface area contributed by atoms with Gasteiger partial charge in [-0.1, -0.05) is 20.8 Å². The summed E-state index contributed by atoms with van der Waals surface area (Å²) in [7, 11) is 0. The summed E-state index contributed by atoms with van der Waals surface area (Å²) in [6.45, 7) is 6.59. The molecule has 0 aliphatic carbocycles. The second kappa shape index (κ2) is 6.14. The first-order chi connectivity index (χ1) is 7.67. The number of carbonyl (C=O) groups excluding carboxylic acids is 2. The van der Waals surface area contributed by atoms with Gasteiger partial charge in [0.2, 0.25) is 0 Å². The molecule has 0 aromatic carbocycles. The fraction of sp³-hybridized carbons (Fsp3) is 0.667. The minimum absolute atomic E-state index is 0.0376. The van der Waals surface area contributed by atoms with E-state index in [-0.39, 0.29) is 17.5 Å². The first-order valence-corrected chi connectivity index (χ1v) is 5.30. The van der Waals surface area contributed by atoms with Crippen molar-refractivity contribution in [2.24, 2.45) is 11.3 Å². The molecule has 0 saturated carbocycles. The van der Waals surface area contributed by atoms with Gasteiger partial charge in [0.05, 0.1) is 12.5 Å². The van der Waals surface area contributed by atoms with Gasteiger partial charge >= 0.3 is 5.97 Å². The number of Topliss-reactive ketones (excluding diaryl/α,β-unsaturated/α-hetero) is 1. The number of nitrogens with one attached hydrogen (secondary N) is 1. The predicted molar refractivity (Wildman–Crippen MR) is 62.5 cm³/mol. The number of ether oxygens (including phenoxy) is 1. The van der Waals surface area contributed by atoms with E-state index in [0.29, 0.717) is 0 Å². The summed E-state index contributed by atoms with van der Waals surface area (Å²) in [6, 6.07) is 1.71. The summed E-state index contributed by atoms with van der Waals surface area (Å²) in [5.74, 6) is -2.13. The van der Waals surface area contributed by atoms with Crippen LogP contribution in [0.5, 0.6) is 0 Å². The highest BCUT2D eigenvalue weighted by molar-refractivity contribution is 6.05. The zero-order chi connectivity index (χ0) is 13.6. The zero-order valence-corrected chi connectivity index (χ0v) is 10.7. The molecule has 0 bridgehead atoms. The summed E-state index contributed by atoms with van der Waals surface area (Å²) >= 11 is 0. The minimum Gasteiger partial charge on any atom is -0.458 e. The predicted octanol–water partition coefficient (Wildman–Crippen LogP) is 1.71. The summed E-state index contributed by atoms with van der Waals surface area (Å²) < 4.78 is 4.78. The third-order valence-corrected chi connectivity index (χ3v) is 1.93. The first kappa shape index (κ1) is 15.3. The van der Waals surface area contributed by atoms with Crippen LogP contribution in [0.4, 0.5) is 0 Å². The van der Waals surface area contributed by atoms with Crippen LogP contribution in [-0.2, 0) is 14.3 Å². The van der Waals surface area contributed by atoms with Gasteiger partial charge in [-0.3, -0.25) is 9.59 Å². The van der Waals surface area contributed by atoms with E-state index in [1.807, 2.05) is 20.8 Å². The lowest BCUT2D eigenvalue weighted by molar-refractivity contribution is -0.149. The number of hydrogen-bond acceptors (Lipinski definition) is 5. The second-order valence-corrected chi connectivity index (χ2v) is 5.11. The second-order valence-electron chi connectivity index (χ2n) is 5.11. The van der Waals surface area contributed by atoms with Crippen LogP contribution >= 0.6 is 0 Å². The standard InChI is InChI=1S/C12H18N2O3/c1-8(14)9(6-13)10(15)7-17-11(16)5-12(2,3)4/h9,14H,5,7H2,1-4H3. The maximum atomic E-state index is 11.4. The normalized spacial score (nSPS) is 12.4. The lowest BCUT2D eigenvalue weighted by atomic mass is 9.92. The molecule has 5 nitrogen and oxygen atoms in total. The van der Waals surface area contributed by atoms with E-state index in [2.05, 4.69) is 0 Å². The van der Waals surface area contributed by atoms with E-state index in [0.717, 1.165) is 0 Å². The van der Waals surface area contributed by atoms with Crippen LogP contribution < -0.4 is 0 Å². The third kappa shape index (κ3) is 6.46. The Labute approximate surface area is 101 Å². The van der Waals surface area contributed by atoms with Crippen molar-refractivity contribution in [3.63, 3.8) is 0 Å². The summed E-state index contributed by atoms with van der Waals surface area (Å²) in [4.78, 5) is 22.8. The van der Waals surface area contributed by atoms with Gasteiger partial charge in [-0.25, -0.2) is 0 Å². The summed E-state index contributed by atoms with van der Waals surface area (Å²) in [5, 5.41) is 15.9. The van der Waals surface area contributed by atoms with Crippen LogP contribution in [-0.4, -0.2) is 24.1 Å². The van der Waals surface area contributed by atoms with Gasteiger partial charge in [0.1, 0.15) is 5.92 Å². The minimum atomic E-state index is -1.11. The van der Waals surface area contributed by atoms with Crippen molar-refractivity contribution in [1.82, 2.24) is 0 Å². The van der Waals surface area contributed by atoms with E-state index >= 15 is 0 Å². The number of ketones is 1. The van der Waals surface area contributed by atoms with Gasteiger partial charge < -0.3 is 10.1 Å². The molecule has 5 heteroatoms. The Kier molecular flexibility index (Phi) is 5.52. The molecule has 0 spiro atoms. The zero-order valence-electron chi connectivity index (χ0n) is 10.7. The average Bonchev–Trinajstić information content (AvgIpc) is 2.12. The number of rotatable bonds is 5. The monoisotopic (exact) mass is 238 g/mol. The van der Waals surface area contributed by atoms with Crippen molar-refractivity contribution in [3.8, 4) is 6.07 Å². The Morgan fingerprint density at radius 3 is 2.29 bits per heavy atom. The number of carbonyl (C=O) groups is 2. The number of hydrogen-bond donors (Lipinski definition) is 1. The van der Waals surface area contributed by atoms with Crippen LogP contribution in [0.15, 0.2) is 0 Å². The molecule has 94 valence electrons. The van der Waals surface area contributed by atoms with E-state index < -0.39 is 24.3 Å². The molecule has 0 radical (unpaired) electrons. The molecule has 0 amide bonds. The molecule has 0 heterocycles. The van der Waals surface area contributed by atoms with Crippen molar-refractivity contribution in [3.05, 3.63) is 0 Å². The first-order valence-electron chi connectivity index (χ1n) is 5.30. The van der Waals surface area contributed by atoms with Gasteiger partial charge in [-0.2, -0.15) is 5.26 Å². The van der Waals surface area contributed by atoms with E-state index in [4.69, 9.17) is 15.4 Å². The quantitative estimate of drug-likeness (QED) is 0.583. The highest BCUT2D eigenvalue weighted by atomic mass is 16.5. The lowest BCUT2D eigenvalue weighted by Gasteiger charge is -2.16. The molecular weight excluding hydrogens is 220 g/mol. The van der Waals surface area contributed by atoms with Crippen molar-refractivity contribution < 1.29 is 14.3 Å². The van der Waals surface area contributed by atoms with Gasteiger partial charge in [-0.05, 0) is 12.3 Å². The number of esters is 1. The Hall–Kier alpha value is -1.70. The fourth-order valence-corrected chi connectivity index (χ4v) is 1.13. The van der Waals surface area contributed by atoms with Gasteiger partial charge in [0, 0.05) is 5.71 Å².